The van der Waals surface area contributed by atoms with E-state index in [4.69, 9.17) is 16.3 Å². The molecule has 1 aliphatic heterocycles. The summed E-state index contributed by atoms with van der Waals surface area (Å²) in [5.41, 5.74) is 0. The van der Waals surface area contributed by atoms with E-state index < -0.39 is 5.82 Å². The van der Waals surface area contributed by atoms with E-state index >= 15 is 0 Å². The number of halogens is 3. The van der Waals surface area contributed by atoms with Crippen molar-refractivity contribution in [3.8, 4) is 5.75 Å². The number of benzene rings is 1. The molecule has 20 heavy (non-hydrogen) atoms. The van der Waals surface area contributed by atoms with Crippen molar-refractivity contribution >= 4 is 29.9 Å². The average Bonchev–Trinajstić information content (AvgIpc) is 2.41. The zero-order chi connectivity index (χ0) is 13.7. The van der Waals surface area contributed by atoms with Crippen LogP contribution in [0, 0.1) is 5.82 Å². The second-order valence-corrected chi connectivity index (χ2v) is 4.88. The summed E-state index contributed by atoms with van der Waals surface area (Å²) < 4.78 is 18.2. The summed E-state index contributed by atoms with van der Waals surface area (Å²) in [5.74, 6) is -0.316. The van der Waals surface area contributed by atoms with Crippen molar-refractivity contribution in [2.75, 3.05) is 19.7 Å². The molecule has 1 aliphatic rings. The number of hydrogen-bond acceptors (Lipinski definition) is 3. The van der Waals surface area contributed by atoms with E-state index in [1.54, 1.807) is 0 Å². The molecule has 2 rings (SSSR count). The molecule has 0 aromatic heterocycles. The molecule has 4 nitrogen and oxygen atoms in total. The topological polar surface area (TPSA) is 50.4 Å². The number of rotatable bonds is 4. The maximum absolute atomic E-state index is 12.9. The molecule has 112 valence electrons. The van der Waals surface area contributed by atoms with Gasteiger partial charge in [0.1, 0.15) is 11.6 Å². The Bertz CT molecular complexity index is 454. The number of carbonyl (C=O) groups is 1. The van der Waals surface area contributed by atoms with Crippen LogP contribution in [0.5, 0.6) is 5.75 Å². The third-order valence-electron chi connectivity index (χ3n) is 2.92. The van der Waals surface area contributed by atoms with Gasteiger partial charge in [0.25, 0.3) is 5.91 Å². The van der Waals surface area contributed by atoms with Crippen molar-refractivity contribution in [1.82, 2.24) is 10.6 Å². The van der Waals surface area contributed by atoms with Gasteiger partial charge in [-0.3, -0.25) is 4.79 Å². The normalized spacial score (nSPS) is 18.0. The molecule has 1 fully saturated rings. The van der Waals surface area contributed by atoms with E-state index in [1.165, 1.54) is 18.2 Å². The molecule has 0 bridgehead atoms. The largest absolute Gasteiger partial charge is 0.484 e. The highest BCUT2D eigenvalue weighted by molar-refractivity contribution is 6.30. The number of hydrogen-bond donors (Lipinski definition) is 2. The quantitative estimate of drug-likeness (QED) is 0.893. The minimum absolute atomic E-state index is 0. The summed E-state index contributed by atoms with van der Waals surface area (Å²) in [6, 6.07) is 4.16. The van der Waals surface area contributed by atoms with Crippen LogP contribution in [0.3, 0.4) is 0 Å². The third-order valence-corrected chi connectivity index (χ3v) is 3.21. The molecule has 0 spiro atoms. The highest BCUT2D eigenvalue weighted by Gasteiger charge is 2.15. The van der Waals surface area contributed by atoms with Crippen LogP contribution in [0.25, 0.3) is 0 Å². The lowest BCUT2D eigenvalue weighted by Gasteiger charge is -2.23. The van der Waals surface area contributed by atoms with E-state index in [0.29, 0.717) is 5.75 Å². The van der Waals surface area contributed by atoms with Crippen molar-refractivity contribution in [2.45, 2.75) is 18.9 Å². The maximum atomic E-state index is 12.9. The average molecular weight is 323 g/mol. The molecule has 0 saturated carbocycles. The van der Waals surface area contributed by atoms with Crippen molar-refractivity contribution in [3.63, 3.8) is 0 Å². The number of carbonyl (C=O) groups excluding carboxylic acids is 1. The Morgan fingerprint density at radius 2 is 2.35 bits per heavy atom. The fraction of sp³-hybridized carbons (Fsp3) is 0.462. The van der Waals surface area contributed by atoms with Gasteiger partial charge in [0.05, 0.1) is 5.02 Å². The fourth-order valence-corrected chi connectivity index (χ4v) is 2.13. The molecule has 0 aliphatic carbocycles. The predicted octanol–water partition coefficient (Wildman–Crippen LogP) is 2.15. The van der Waals surface area contributed by atoms with Crippen molar-refractivity contribution in [1.29, 1.82) is 0 Å². The van der Waals surface area contributed by atoms with Gasteiger partial charge in [-0.1, -0.05) is 11.6 Å². The van der Waals surface area contributed by atoms with Crippen molar-refractivity contribution in [2.24, 2.45) is 0 Å². The molecule has 1 atom stereocenters. The number of nitrogens with one attached hydrogen (secondary N) is 2. The van der Waals surface area contributed by atoms with Crippen LogP contribution in [0.15, 0.2) is 18.2 Å². The van der Waals surface area contributed by atoms with Crippen LogP contribution in [0.1, 0.15) is 12.8 Å². The Balaban J connectivity index is 0.00000200. The van der Waals surface area contributed by atoms with E-state index in [0.717, 1.165) is 25.9 Å². The van der Waals surface area contributed by atoms with E-state index in [2.05, 4.69) is 10.6 Å². The number of piperidine rings is 1. The highest BCUT2D eigenvalue weighted by Crippen LogP contribution is 2.20. The Morgan fingerprint density at radius 3 is 3.00 bits per heavy atom. The Morgan fingerprint density at radius 1 is 1.55 bits per heavy atom. The summed E-state index contributed by atoms with van der Waals surface area (Å²) in [5, 5.41) is 6.08. The molecule has 7 heteroatoms. The van der Waals surface area contributed by atoms with Crippen LogP contribution in [0.4, 0.5) is 4.39 Å². The molecule has 2 N–H and O–H groups in total. The van der Waals surface area contributed by atoms with E-state index in [1.807, 2.05) is 0 Å². The van der Waals surface area contributed by atoms with Gasteiger partial charge < -0.3 is 15.4 Å². The third kappa shape index (κ3) is 5.15. The summed E-state index contributed by atoms with van der Waals surface area (Å²) in [6.45, 7) is 1.68. The molecule has 1 saturated heterocycles. The SMILES string of the molecule is Cl.O=C(COc1ccc(F)c(Cl)c1)NC1CCCNC1. The minimum atomic E-state index is -0.508. The minimum Gasteiger partial charge on any atom is -0.484 e. The van der Waals surface area contributed by atoms with Crippen LogP contribution in [0.2, 0.25) is 5.02 Å². The lowest BCUT2D eigenvalue weighted by atomic mass is 10.1. The van der Waals surface area contributed by atoms with Crippen LogP contribution >= 0.6 is 24.0 Å². The van der Waals surface area contributed by atoms with Gasteiger partial charge in [-0.15, -0.1) is 12.4 Å². The van der Waals surface area contributed by atoms with Gasteiger partial charge in [-0.2, -0.15) is 0 Å². The van der Waals surface area contributed by atoms with Crippen molar-refractivity contribution < 1.29 is 13.9 Å². The first-order valence-corrected chi connectivity index (χ1v) is 6.61. The highest BCUT2D eigenvalue weighted by atomic mass is 35.5. The van der Waals surface area contributed by atoms with Crippen LogP contribution < -0.4 is 15.4 Å². The van der Waals surface area contributed by atoms with Crippen molar-refractivity contribution in [3.05, 3.63) is 29.0 Å². The molecule has 1 aromatic rings. The zero-order valence-electron chi connectivity index (χ0n) is 10.8. The number of ether oxygens (including phenoxy) is 1. The molecule has 1 amide bonds. The second kappa shape index (κ2) is 8.29. The van der Waals surface area contributed by atoms with Gasteiger partial charge in [0.15, 0.2) is 6.61 Å². The van der Waals surface area contributed by atoms with Gasteiger partial charge in [-0.05, 0) is 31.5 Å². The van der Waals surface area contributed by atoms with Crippen LogP contribution in [-0.2, 0) is 4.79 Å². The predicted molar refractivity (Wildman–Crippen MR) is 78.2 cm³/mol. The van der Waals surface area contributed by atoms with Gasteiger partial charge >= 0.3 is 0 Å². The standard InChI is InChI=1S/C13H16ClFN2O2.ClH/c14-11-6-10(3-4-12(11)15)19-8-13(18)17-9-2-1-5-16-7-9;/h3-4,6,9,16H,1-2,5,7-8H2,(H,17,18);1H. The number of amides is 1. The molecular weight excluding hydrogens is 306 g/mol. The molecule has 0 radical (unpaired) electrons. The lowest BCUT2D eigenvalue weighted by Crippen LogP contribution is -2.46. The first kappa shape index (κ1) is 17.0. The summed E-state index contributed by atoms with van der Waals surface area (Å²) in [6.07, 6.45) is 2.03. The smallest absolute Gasteiger partial charge is 0.258 e. The molecule has 1 heterocycles. The Kier molecular flexibility index (Phi) is 7.05. The van der Waals surface area contributed by atoms with Gasteiger partial charge in [0.2, 0.25) is 0 Å². The first-order valence-electron chi connectivity index (χ1n) is 6.23. The van der Waals surface area contributed by atoms with E-state index in [9.17, 15) is 9.18 Å². The lowest BCUT2D eigenvalue weighted by molar-refractivity contribution is -0.123. The monoisotopic (exact) mass is 322 g/mol. The summed E-state index contributed by atoms with van der Waals surface area (Å²) in [4.78, 5) is 11.7. The Labute approximate surface area is 128 Å². The Hall–Kier alpha value is -1.04. The summed E-state index contributed by atoms with van der Waals surface area (Å²) in [7, 11) is 0. The maximum Gasteiger partial charge on any atom is 0.258 e. The van der Waals surface area contributed by atoms with Crippen LogP contribution in [-0.4, -0.2) is 31.6 Å². The van der Waals surface area contributed by atoms with Gasteiger partial charge in [0, 0.05) is 18.7 Å². The molecule has 1 aromatic carbocycles. The molecular formula is C13H17Cl2FN2O2. The van der Waals surface area contributed by atoms with Gasteiger partial charge in [-0.25, -0.2) is 4.39 Å². The fourth-order valence-electron chi connectivity index (χ4n) is 1.96. The molecule has 1 unspecified atom stereocenters. The van der Waals surface area contributed by atoms with E-state index in [-0.39, 0.29) is 36.0 Å². The summed E-state index contributed by atoms with van der Waals surface area (Å²) >= 11 is 5.62. The second-order valence-electron chi connectivity index (χ2n) is 4.48. The zero-order valence-corrected chi connectivity index (χ0v) is 12.4. The first-order chi connectivity index (χ1) is 9.15.